The molecule has 0 aromatic heterocycles. The fourth-order valence-corrected chi connectivity index (χ4v) is 2.05. The van der Waals surface area contributed by atoms with Gasteiger partial charge in [-0.15, -0.1) is 0 Å². The van der Waals surface area contributed by atoms with Crippen molar-refractivity contribution in [1.29, 1.82) is 0 Å². The first-order valence-corrected chi connectivity index (χ1v) is 6.69. The maximum Gasteiger partial charge on any atom is 0.225 e. The molecule has 104 valence electrons. The number of carbonyl (C=O) groups is 1. The van der Waals surface area contributed by atoms with Crippen molar-refractivity contribution in [2.75, 3.05) is 30.7 Å². The first kappa shape index (κ1) is 13.8. The molecule has 1 heterocycles. The van der Waals surface area contributed by atoms with Gasteiger partial charge in [0.05, 0.1) is 6.61 Å². The van der Waals surface area contributed by atoms with Crippen LogP contribution in [0.5, 0.6) is 0 Å². The smallest absolute Gasteiger partial charge is 0.225 e. The molecule has 1 saturated heterocycles. The summed E-state index contributed by atoms with van der Waals surface area (Å²) in [5.74, 6) is -0.0112. The molecule has 1 amide bonds. The number of rotatable bonds is 4. The van der Waals surface area contributed by atoms with Crippen LogP contribution in [0.2, 0.25) is 0 Å². The van der Waals surface area contributed by atoms with Gasteiger partial charge in [0.1, 0.15) is 0 Å². The van der Waals surface area contributed by atoms with Gasteiger partial charge in [-0.25, -0.2) is 0 Å². The molecule has 0 spiro atoms. The summed E-state index contributed by atoms with van der Waals surface area (Å²) in [5.41, 5.74) is 8.19. The number of carbonyl (C=O) groups excluding carboxylic acids is 1. The first-order chi connectivity index (χ1) is 9.16. The minimum atomic E-state index is -0.0112. The van der Waals surface area contributed by atoms with Gasteiger partial charge in [0.15, 0.2) is 0 Å². The fraction of sp³-hybridized carbons (Fsp3) is 0.500. The Labute approximate surface area is 113 Å². The standard InChI is InChI=1S/C14H21N3O2/c1-11-12(15)5-4-6-13(11)16-14(18)7-9-17-8-2-3-10-19-17/h4-6H,2-3,7-10,15H2,1H3,(H,16,18). The summed E-state index contributed by atoms with van der Waals surface area (Å²) in [6, 6.07) is 5.53. The molecule has 1 aliphatic rings. The quantitative estimate of drug-likeness (QED) is 0.815. The summed E-state index contributed by atoms with van der Waals surface area (Å²) in [6.45, 7) is 4.20. The van der Waals surface area contributed by atoms with Crippen molar-refractivity contribution in [3.8, 4) is 0 Å². The van der Waals surface area contributed by atoms with Crippen molar-refractivity contribution < 1.29 is 9.63 Å². The number of hydrogen-bond donors (Lipinski definition) is 2. The Morgan fingerprint density at radius 2 is 2.32 bits per heavy atom. The van der Waals surface area contributed by atoms with E-state index in [1.54, 1.807) is 0 Å². The number of nitrogens with one attached hydrogen (secondary N) is 1. The van der Waals surface area contributed by atoms with Gasteiger partial charge in [0.2, 0.25) is 5.91 Å². The molecule has 3 N–H and O–H groups in total. The van der Waals surface area contributed by atoms with Crippen LogP contribution in [-0.2, 0) is 9.63 Å². The highest BCUT2D eigenvalue weighted by Gasteiger charge is 2.13. The average molecular weight is 263 g/mol. The zero-order valence-electron chi connectivity index (χ0n) is 11.3. The van der Waals surface area contributed by atoms with Crippen molar-refractivity contribution in [3.63, 3.8) is 0 Å². The second kappa shape index (κ2) is 6.54. The Morgan fingerprint density at radius 3 is 3.05 bits per heavy atom. The molecule has 1 aromatic carbocycles. The second-order valence-electron chi connectivity index (χ2n) is 4.79. The largest absolute Gasteiger partial charge is 0.398 e. The summed E-state index contributed by atoms with van der Waals surface area (Å²) in [5, 5.41) is 4.76. The lowest BCUT2D eigenvalue weighted by molar-refractivity contribution is -0.181. The van der Waals surface area contributed by atoms with Crippen LogP contribution < -0.4 is 11.1 Å². The van der Waals surface area contributed by atoms with Gasteiger partial charge in [0, 0.05) is 30.9 Å². The maximum atomic E-state index is 11.9. The number of hydroxylamine groups is 2. The lowest BCUT2D eigenvalue weighted by atomic mass is 10.1. The molecule has 0 saturated carbocycles. The maximum absolute atomic E-state index is 11.9. The van der Waals surface area contributed by atoms with E-state index in [9.17, 15) is 4.79 Å². The normalized spacial score (nSPS) is 16.3. The number of anilines is 2. The SMILES string of the molecule is Cc1c(N)cccc1NC(=O)CCN1CCCCO1. The topological polar surface area (TPSA) is 67.6 Å². The monoisotopic (exact) mass is 263 g/mol. The summed E-state index contributed by atoms with van der Waals surface area (Å²) >= 11 is 0. The molecule has 1 aromatic rings. The number of hydrogen-bond acceptors (Lipinski definition) is 4. The van der Waals surface area contributed by atoms with Gasteiger partial charge < -0.3 is 11.1 Å². The Kier molecular flexibility index (Phi) is 4.76. The van der Waals surface area contributed by atoms with E-state index in [0.717, 1.165) is 37.2 Å². The highest BCUT2D eigenvalue weighted by atomic mass is 16.7. The van der Waals surface area contributed by atoms with Crippen molar-refractivity contribution in [3.05, 3.63) is 23.8 Å². The van der Waals surface area contributed by atoms with Crippen molar-refractivity contribution in [2.45, 2.75) is 26.2 Å². The summed E-state index contributed by atoms with van der Waals surface area (Å²) < 4.78 is 0. The third-order valence-corrected chi connectivity index (χ3v) is 3.31. The second-order valence-corrected chi connectivity index (χ2v) is 4.79. The third kappa shape index (κ3) is 3.94. The minimum Gasteiger partial charge on any atom is -0.398 e. The molecule has 0 radical (unpaired) electrons. The van der Waals surface area contributed by atoms with Gasteiger partial charge in [-0.05, 0) is 37.5 Å². The van der Waals surface area contributed by atoms with Crippen LogP contribution in [0.15, 0.2) is 18.2 Å². The molecule has 1 fully saturated rings. The molecule has 0 atom stereocenters. The molecule has 0 unspecified atom stereocenters. The third-order valence-electron chi connectivity index (χ3n) is 3.31. The number of nitrogens with two attached hydrogens (primary N) is 1. The van der Waals surface area contributed by atoms with Crippen LogP contribution in [0.4, 0.5) is 11.4 Å². The Hall–Kier alpha value is -1.59. The Bertz CT molecular complexity index is 442. The van der Waals surface area contributed by atoms with Gasteiger partial charge in [-0.2, -0.15) is 5.06 Å². The number of amides is 1. The van der Waals surface area contributed by atoms with E-state index < -0.39 is 0 Å². The Balaban J connectivity index is 1.82. The number of nitrogens with zero attached hydrogens (tertiary/aromatic N) is 1. The lowest BCUT2D eigenvalue weighted by Gasteiger charge is -2.25. The predicted octanol–water partition coefficient (Wildman–Crippen LogP) is 1.93. The average Bonchev–Trinajstić information content (AvgIpc) is 2.43. The van der Waals surface area contributed by atoms with Crippen molar-refractivity contribution in [1.82, 2.24) is 5.06 Å². The zero-order valence-corrected chi connectivity index (χ0v) is 11.3. The van der Waals surface area contributed by atoms with Crippen molar-refractivity contribution in [2.24, 2.45) is 0 Å². The van der Waals surface area contributed by atoms with E-state index in [1.807, 2.05) is 30.2 Å². The molecule has 5 nitrogen and oxygen atoms in total. The van der Waals surface area contributed by atoms with E-state index >= 15 is 0 Å². The Morgan fingerprint density at radius 1 is 1.47 bits per heavy atom. The number of benzene rings is 1. The predicted molar refractivity (Wildman–Crippen MR) is 75.6 cm³/mol. The van der Waals surface area contributed by atoms with Crippen LogP contribution in [0.25, 0.3) is 0 Å². The van der Waals surface area contributed by atoms with E-state index in [0.29, 0.717) is 18.7 Å². The van der Waals surface area contributed by atoms with Crippen LogP contribution in [0.3, 0.4) is 0 Å². The van der Waals surface area contributed by atoms with Crippen LogP contribution in [0.1, 0.15) is 24.8 Å². The highest BCUT2D eigenvalue weighted by Crippen LogP contribution is 2.20. The molecular weight excluding hydrogens is 242 g/mol. The van der Waals surface area contributed by atoms with Gasteiger partial charge in [-0.3, -0.25) is 9.63 Å². The molecule has 2 rings (SSSR count). The fourth-order valence-electron chi connectivity index (χ4n) is 2.05. The van der Waals surface area contributed by atoms with Gasteiger partial charge >= 0.3 is 0 Å². The van der Waals surface area contributed by atoms with Crippen LogP contribution in [-0.4, -0.2) is 30.7 Å². The summed E-state index contributed by atoms with van der Waals surface area (Å²) in [6.07, 6.45) is 2.66. The highest BCUT2D eigenvalue weighted by molar-refractivity contribution is 5.92. The minimum absolute atomic E-state index is 0.0112. The van der Waals surface area contributed by atoms with Gasteiger partial charge in [-0.1, -0.05) is 6.07 Å². The van der Waals surface area contributed by atoms with Crippen molar-refractivity contribution >= 4 is 17.3 Å². The summed E-state index contributed by atoms with van der Waals surface area (Å²) in [4.78, 5) is 17.3. The van der Waals surface area contributed by atoms with E-state index in [-0.39, 0.29) is 5.91 Å². The van der Waals surface area contributed by atoms with Gasteiger partial charge in [0.25, 0.3) is 0 Å². The molecule has 0 aliphatic carbocycles. The van der Waals surface area contributed by atoms with E-state index in [2.05, 4.69) is 5.32 Å². The summed E-state index contributed by atoms with van der Waals surface area (Å²) in [7, 11) is 0. The zero-order chi connectivity index (χ0) is 13.7. The van der Waals surface area contributed by atoms with Crippen LogP contribution >= 0.6 is 0 Å². The lowest BCUT2D eigenvalue weighted by Crippen LogP contribution is -2.32. The molecule has 0 bridgehead atoms. The molecular formula is C14H21N3O2. The van der Waals surface area contributed by atoms with Crippen LogP contribution in [0, 0.1) is 6.92 Å². The molecule has 19 heavy (non-hydrogen) atoms. The number of nitrogen functional groups attached to an aromatic ring is 1. The molecule has 5 heteroatoms. The molecule has 1 aliphatic heterocycles. The van der Waals surface area contributed by atoms with E-state index in [1.165, 1.54) is 0 Å². The first-order valence-electron chi connectivity index (χ1n) is 6.69. The van der Waals surface area contributed by atoms with E-state index in [4.69, 9.17) is 10.6 Å².